The molecular formula is C26H31FN2O3S2. The van der Waals surface area contributed by atoms with Gasteiger partial charge in [-0.2, -0.15) is 4.31 Å². The summed E-state index contributed by atoms with van der Waals surface area (Å²) in [6.45, 7) is 7.95. The van der Waals surface area contributed by atoms with Gasteiger partial charge in [-0.05, 0) is 74.0 Å². The van der Waals surface area contributed by atoms with Crippen LogP contribution in [0.15, 0.2) is 64.9 Å². The second-order valence-electron chi connectivity index (χ2n) is 8.52. The zero-order valence-corrected chi connectivity index (χ0v) is 21.6. The molecule has 0 bridgehead atoms. The second-order valence-corrected chi connectivity index (χ2v) is 11.4. The van der Waals surface area contributed by atoms with E-state index in [1.165, 1.54) is 16.4 Å². The third-order valence-electron chi connectivity index (χ3n) is 5.94. The van der Waals surface area contributed by atoms with Gasteiger partial charge in [-0.3, -0.25) is 4.79 Å². The van der Waals surface area contributed by atoms with E-state index in [4.69, 9.17) is 0 Å². The molecule has 0 spiro atoms. The van der Waals surface area contributed by atoms with Gasteiger partial charge in [-0.1, -0.05) is 36.8 Å². The number of rotatable bonds is 10. The van der Waals surface area contributed by atoms with Crippen molar-refractivity contribution in [2.75, 3.05) is 6.54 Å². The number of benzene rings is 2. The van der Waals surface area contributed by atoms with E-state index in [1.807, 2.05) is 39.1 Å². The lowest BCUT2D eigenvalue weighted by Crippen LogP contribution is -2.46. The summed E-state index contributed by atoms with van der Waals surface area (Å²) in [6.07, 6.45) is 0.570. The van der Waals surface area contributed by atoms with Crippen molar-refractivity contribution < 1.29 is 17.6 Å². The van der Waals surface area contributed by atoms with Gasteiger partial charge in [-0.15, -0.1) is 11.3 Å². The summed E-state index contributed by atoms with van der Waals surface area (Å²) in [5.41, 5.74) is 2.82. The third-order valence-corrected chi connectivity index (χ3v) is 8.93. The molecule has 34 heavy (non-hydrogen) atoms. The fraction of sp³-hybridized carbons (Fsp3) is 0.346. The number of thiophene rings is 1. The smallest absolute Gasteiger partial charge is 0.243 e. The van der Waals surface area contributed by atoms with Crippen LogP contribution >= 0.6 is 11.3 Å². The van der Waals surface area contributed by atoms with Gasteiger partial charge in [0.05, 0.1) is 18.0 Å². The summed E-state index contributed by atoms with van der Waals surface area (Å²) < 4.78 is 41.7. The molecule has 0 aliphatic rings. The zero-order valence-electron chi connectivity index (χ0n) is 20.0. The van der Waals surface area contributed by atoms with E-state index in [0.717, 1.165) is 21.6 Å². The number of carbonyl (C=O) groups excluding carboxylic acids is 1. The summed E-state index contributed by atoms with van der Waals surface area (Å²) >= 11 is 1.56. The number of sulfonamides is 1. The molecular weight excluding hydrogens is 471 g/mol. The number of amides is 1. The highest BCUT2D eigenvalue weighted by Crippen LogP contribution is 2.23. The molecule has 182 valence electrons. The van der Waals surface area contributed by atoms with Gasteiger partial charge in [0.15, 0.2) is 0 Å². The third kappa shape index (κ3) is 6.31. The van der Waals surface area contributed by atoms with Gasteiger partial charge in [-0.25, -0.2) is 12.8 Å². The molecule has 0 saturated carbocycles. The van der Waals surface area contributed by atoms with E-state index in [9.17, 15) is 17.6 Å². The average molecular weight is 503 g/mol. The molecule has 0 N–H and O–H groups in total. The van der Waals surface area contributed by atoms with Crippen LogP contribution in [-0.4, -0.2) is 36.1 Å². The van der Waals surface area contributed by atoms with Crippen LogP contribution in [-0.2, 0) is 27.9 Å². The number of hydrogen-bond donors (Lipinski definition) is 0. The minimum atomic E-state index is -3.87. The average Bonchev–Trinajstić information content (AvgIpc) is 3.22. The highest BCUT2D eigenvalue weighted by Gasteiger charge is 2.32. The monoisotopic (exact) mass is 502 g/mol. The maximum absolute atomic E-state index is 13.6. The maximum atomic E-state index is 13.6. The minimum absolute atomic E-state index is 0.172. The van der Waals surface area contributed by atoms with Gasteiger partial charge >= 0.3 is 0 Å². The van der Waals surface area contributed by atoms with Gasteiger partial charge in [0.2, 0.25) is 15.9 Å². The van der Waals surface area contributed by atoms with Crippen molar-refractivity contribution in [1.29, 1.82) is 0 Å². The highest BCUT2D eigenvalue weighted by molar-refractivity contribution is 7.89. The normalized spacial score (nSPS) is 12.6. The topological polar surface area (TPSA) is 57.7 Å². The van der Waals surface area contributed by atoms with Crippen molar-refractivity contribution in [2.45, 2.75) is 58.1 Å². The van der Waals surface area contributed by atoms with Crippen LogP contribution in [0.2, 0.25) is 0 Å². The number of halogens is 1. The lowest BCUT2D eigenvalue weighted by molar-refractivity contribution is -0.133. The SMILES string of the molecule is CCC(C)N(CC(=O)N(Cc1ccc(F)cc1)Cc1sccc1C)S(=O)(=O)c1ccc(C)cc1. The Morgan fingerprint density at radius 1 is 1.00 bits per heavy atom. The molecule has 3 aromatic rings. The summed E-state index contributed by atoms with van der Waals surface area (Å²) in [7, 11) is -3.87. The first-order valence-corrected chi connectivity index (χ1v) is 13.6. The van der Waals surface area contributed by atoms with Crippen LogP contribution < -0.4 is 0 Å². The van der Waals surface area contributed by atoms with Crippen molar-refractivity contribution in [2.24, 2.45) is 0 Å². The van der Waals surface area contributed by atoms with E-state index in [2.05, 4.69) is 0 Å². The zero-order chi connectivity index (χ0) is 24.9. The number of aryl methyl sites for hydroxylation is 2. The molecule has 0 radical (unpaired) electrons. The Bertz CT molecular complexity index is 1210. The predicted octanol–water partition coefficient (Wildman–Crippen LogP) is 5.52. The number of carbonyl (C=O) groups is 1. The van der Waals surface area contributed by atoms with E-state index >= 15 is 0 Å². The summed E-state index contributed by atoms with van der Waals surface area (Å²) in [4.78, 5) is 16.4. The molecule has 2 aromatic carbocycles. The molecule has 5 nitrogen and oxygen atoms in total. The van der Waals surface area contributed by atoms with Crippen LogP contribution in [0, 0.1) is 19.7 Å². The van der Waals surface area contributed by atoms with Gasteiger partial charge in [0.25, 0.3) is 0 Å². The van der Waals surface area contributed by atoms with Crippen LogP contribution in [0.1, 0.15) is 41.8 Å². The van der Waals surface area contributed by atoms with Crippen molar-refractivity contribution in [1.82, 2.24) is 9.21 Å². The van der Waals surface area contributed by atoms with Crippen molar-refractivity contribution in [3.8, 4) is 0 Å². The summed E-state index contributed by atoms with van der Waals surface area (Å²) in [6, 6.07) is 14.3. The van der Waals surface area contributed by atoms with Crippen LogP contribution in [0.25, 0.3) is 0 Å². The quantitative estimate of drug-likeness (QED) is 0.367. The first kappa shape index (κ1) is 26.1. The molecule has 8 heteroatoms. The van der Waals surface area contributed by atoms with E-state index in [-0.39, 0.29) is 35.8 Å². The first-order chi connectivity index (χ1) is 16.1. The molecule has 1 aromatic heterocycles. The molecule has 0 aliphatic carbocycles. The summed E-state index contributed by atoms with van der Waals surface area (Å²) in [5, 5.41) is 1.97. The Kier molecular flexibility index (Phi) is 8.62. The Labute approximate surface area is 205 Å². The van der Waals surface area contributed by atoms with Crippen molar-refractivity contribution in [3.05, 3.63) is 87.4 Å². The Morgan fingerprint density at radius 3 is 2.21 bits per heavy atom. The fourth-order valence-electron chi connectivity index (χ4n) is 3.54. The Balaban J connectivity index is 1.91. The van der Waals surface area contributed by atoms with Crippen molar-refractivity contribution in [3.63, 3.8) is 0 Å². The lowest BCUT2D eigenvalue weighted by atomic mass is 10.2. The minimum Gasteiger partial charge on any atom is -0.332 e. The number of hydrogen-bond acceptors (Lipinski definition) is 4. The molecule has 3 rings (SSSR count). The highest BCUT2D eigenvalue weighted by atomic mass is 32.2. The Morgan fingerprint density at radius 2 is 1.65 bits per heavy atom. The maximum Gasteiger partial charge on any atom is 0.243 e. The van der Waals surface area contributed by atoms with Crippen LogP contribution in [0.5, 0.6) is 0 Å². The molecule has 0 saturated heterocycles. The van der Waals surface area contributed by atoms with Crippen LogP contribution in [0.3, 0.4) is 0 Å². The standard InChI is InChI=1S/C26H31FN2O3S2/c1-5-21(4)29(34(31,32)24-12-6-19(2)7-13-24)18-26(30)28(17-25-20(3)14-15-33-25)16-22-8-10-23(27)11-9-22/h6-15,21H,5,16-18H2,1-4H3. The van der Waals surface area contributed by atoms with Crippen molar-refractivity contribution >= 4 is 27.3 Å². The number of nitrogens with zero attached hydrogens (tertiary/aromatic N) is 2. The molecule has 0 aliphatic heterocycles. The molecule has 1 heterocycles. The fourth-order valence-corrected chi connectivity index (χ4v) is 6.12. The first-order valence-electron chi connectivity index (χ1n) is 11.3. The molecule has 1 atom stereocenters. The van der Waals surface area contributed by atoms with E-state index in [1.54, 1.807) is 52.6 Å². The Hall–Kier alpha value is -2.55. The van der Waals surface area contributed by atoms with E-state index < -0.39 is 10.0 Å². The van der Waals surface area contributed by atoms with Gasteiger partial charge in [0.1, 0.15) is 5.82 Å². The largest absolute Gasteiger partial charge is 0.332 e. The molecule has 0 fully saturated rings. The summed E-state index contributed by atoms with van der Waals surface area (Å²) in [5.74, 6) is -0.643. The van der Waals surface area contributed by atoms with Gasteiger partial charge in [0, 0.05) is 17.5 Å². The second kappa shape index (κ2) is 11.3. The van der Waals surface area contributed by atoms with E-state index in [0.29, 0.717) is 13.0 Å². The van der Waals surface area contributed by atoms with Crippen LogP contribution in [0.4, 0.5) is 4.39 Å². The lowest BCUT2D eigenvalue weighted by Gasteiger charge is -2.30. The molecule has 1 unspecified atom stereocenters. The van der Waals surface area contributed by atoms with Gasteiger partial charge < -0.3 is 4.90 Å². The molecule has 1 amide bonds. The predicted molar refractivity (Wildman–Crippen MR) is 135 cm³/mol.